The molecule has 1 aliphatic heterocycles. The van der Waals surface area contributed by atoms with E-state index in [0.29, 0.717) is 0 Å². The van der Waals surface area contributed by atoms with Crippen molar-refractivity contribution in [1.29, 1.82) is 0 Å². The fourth-order valence-electron chi connectivity index (χ4n) is 3.12. The molecular formula is C18H20O5. The van der Waals surface area contributed by atoms with Gasteiger partial charge in [0.1, 0.15) is 11.9 Å². The second-order valence-corrected chi connectivity index (χ2v) is 5.59. The van der Waals surface area contributed by atoms with Gasteiger partial charge in [0.15, 0.2) is 6.29 Å². The molecule has 2 aromatic rings. The van der Waals surface area contributed by atoms with Crippen LogP contribution >= 0.6 is 0 Å². The van der Waals surface area contributed by atoms with Gasteiger partial charge < -0.3 is 18.9 Å². The molecule has 0 bridgehead atoms. The Labute approximate surface area is 135 Å². The lowest BCUT2D eigenvalue weighted by Gasteiger charge is -2.24. The number of hydrogen-bond acceptors (Lipinski definition) is 5. The third kappa shape index (κ3) is 3.02. The molecule has 0 N–H and O–H groups in total. The molecule has 1 heterocycles. The van der Waals surface area contributed by atoms with Gasteiger partial charge in [-0.2, -0.15) is 0 Å². The number of carbonyl (C=O) groups excluding carboxylic acids is 1. The zero-order chi connectivity index (χ0) is 16.4. The average Bonchev–Trinajstić information content (AvgIpc) is 2.96. The van der Waals surface area contributed by atoms with Gasteiger partial charge in [-0.1, -0.05) is 18.2 Å². The van der Waals surface area contributed by atoms with E-state index in [1.54, 1.807) is 21.3 Å². The van der Waals surface area contributed by atoms with E-state index in [-0.39, 0.29) is 24.4 Å². The predicted octanol–water partition coefficient (Wildman–Crippen LogP) is 3.07. The summed E-state index contributed by atoms with van der Waals surface area (Å²) in [6.07, 6.45) is -0.547. The SMILES string of the molecule is COc1ccc2cc([C@@H]3OC(=O)C[C@@H]3C(OC)OC)ccc2c1. The van der Waals surface area contributed by atoms with Crippen molar-refractivity contribution in [2.45, 2.75) is 18.8 Å². The summed E-state index contributed by atoms with van der Waals surface area (Å²) in [6, 6.07) is 11.9. The molecule has 1 saturated heterocycles. The van der Waals surface area contributed by atoms with Gasteiger partial charge in [-0.3, -0.25) is 4.79 Å². The van der Waals surface area contributed by atoms with E-state index >= 15 is 0 Å². The smallest absolute Gasteiger partial charge is 0.307 e. The van der Waals surface area contributed by atoms with E-state index in [1.807, 2.05) is 36.4 Å². The summed E-state index contributed by atoms with van der Waals surface area (Å²) >= 11 is 0. The third-order valence-corrected chi connectivity index (χ3v) is 4.26. The van der Waals surface area contributed by atoms with Gasteiger partial charge in [-0.15, -0.1) is 0 Å². The molecule has 0 saturated carbocycles. The van der Waals surface area contributed by atoms with Crippen molar-refractivity contribution in [2.75, 3.05) is 21.3 Å². The van der Waals surface area contributed by atoms with Gasteiger partial charge >= 0.3 is 5.97 Å². The van der Waals surface area contributed by atoms with Crippen LogP contribution in [0.3, 0.4) is 0 Å². The van der Waals surface area contributed by atoms with Crippen LogP contribution in [0.2, 0.25) is 0 Å². The molecule has 122 valence electrons. The Morgan fingerprint density at radius 3 is 2.43 bits per heavy atom. The van der Waals surface area contributed by atoms with Crippen molar-refractivity contribution in [1.82, 2.24) is 0 Å². The number of hydrogen-bond donors (Lipinski definition) is 0. The number of benzene rings is 2. The van der Waals surface area contributed by atoms with E-state index in [2.05, 4.69) is 0 Å². The summed E-state index contributed by atoms with van der Waals surface area (Å²) in [7, 11) is 4.79. The zero-order valence-electron chi connectivity index (χ0n) is 13.4. The first-order valence-corrected chi connectivity index (χ1v) is 7.49. The Morgan fingerprint density at radius 1 is 1.04 bits per heavy atom. The fraction of sp³-hybridized carbons (Fsp3) is 0.389. The van der Waals surface area contributed by atoms with Crippen molar-refractivity contribution in [3.05, 3.63) is 42.0 Å². The Kier molecular flexibility index (Phi) is 4.50. The molecule has 2 atom stereocenters. The van der Waals surface area contributed by atoms with Crippen molar-refractivity contribution < 1.29 is 23.7 Å². The lowest BCUT2D eigenvalue weighted by Crippen LogP contribution is -2.27. The summed E-state index contributed by atoms with van der Waals surface area (Å²) in [5.41, 5.74) is 0.942. The molecular weight excluding hydrogens is 296 g/mol. The minimum atomic E-state index is -0.474. The highest BCUT2D eigenvalue weighted by atomic mass is 16.7. The van der Waals surface area contributed by atoms with Crippen molar-refractivity contribution in [3.63, 3.8) is 0 Å². The van der Waals surface area contributed by atoms with E-state index in [1.165, 1.54) is 0 Å². The van der Waals surface area contributed by atoms with E-state index in [4.69, 9.17) is 18.9 Å². The number of ether oxygens (including phenoxy) is 4. The van der Waals surface area contributed by atoms with Crippen LogP contribution in [0.4, 0.5) is 0 Å². The predicted molar refractivity (Wildman–Crippen MR) is 85.2 cm³/mol. The quantitative estimate of drug-likeness (QED) is 0.627. The molecule has 0 unspecified atom stereocenters. The summed E-state index contributed by atoms with van der Waals surface area (Å²) in [5, 5.41) is 2.14. The average molecular weight is 316 g/mol. The van der Waals surface area contributed by atoms with E-state index in [9.17, 15) is 4.79 Å². The number of carbonyl (C=O) groups is 1. The zero-order valence-corrected chi connectivity index (χ0v) is 13.4. The van der Waals surface area contributed by atoms with Crippen LogP contribution in [0.1, 0.15) is 18.1 Å². The van der Waals surface area contributed by atoms with E-state index < -0.39 is 6.29 Å². The van der Waals surface area contributed by atoms with Gasteiger partial charge in [0.05, 0.1) is 19.4 Å². The largest absolute Gasteiger partial charge is 0.497 e. The topological polar surface area (TPSA) is 54.0 Å². The van der Waals surface area contributed by atoms with E-state index in [0.717, 1.165) is 22.1 Å². The third-order valence-electron chi connectivity index (χ3n) is 4.26. The summed E-state index contributed by atoms with van der Waals surface area (Å²) < 4.78 is 21.4. The minimum Gasteiger partial charge on any atom is -0.497 e. The number of cyclic esters (lactones) is 1. The van der Waals surface area contributed by atoms with Crippen molar-refractivity contribution in [2.24, 2.45) is 5.92 Å². The van der Waals surface area contributed by atoms with Gasteiger partial charge in [0.2, 0.25) is 0 Å². The van der Waals surface area contributed by atoms with Crippen LogP contribution in [0.15, 0.2) is 36.4 Å². The van der Waals surface area contributed by atoms with Crippen molar-refractivity contribution >= 4 is 16.7 Å². The Morgan fingerprint density at radius 2 is 1.74 bits per heavy atom. The van der Waals surface area contributed by atoms with Crippen LogP contribution < -0.4 is 4.74 Å². The normalized spacial score (nSPS) is 21.0. The molecule has 1 fully saturated rings. The van der Waals surface area contributed by atoms with Crippen LogP contribution in [0, 0.1) is 5.92 Å². The molecule has 23 heavy (non-hydrogen) atoms. The molecule has 0 amide bonds. The number of methoxy groups -OCH3 is 3. The molecule has 0 spiro atoms. The molecule has 0 aliphatic carbocycles. The Balaban J connectivity index is 1.95. The Bertz CT molecular complexity index is 708. The molecule has 5 heteroatoms. The van der Waals surface area contributed by atoms with Gasteiger partial charge in [0.25, 0.3) is 0 Å². The second kappa shape index (κ2) is 6.56. The van der Waals surface area contributed by atoms with Crippen LogP contribution in [-0.4, -0.2) is 33.6 Å². The monoisotopic (exact) mass is 316 g/mol. The first-order valence-electron chi connectivity index (χ1n) is 7.49. The maximum absolute atomic E-state index is 11.8. The molecule has 0 radical (unpaired) electrons. The summed E-state index contributed by atoms with van der Waals surface area (Å²) in [4.78, 5) is 11.8. The molecule has 5 nitrogen and oxygen atoms in total. The van der Waals surface area contributed by atoms with Crippen LogP contribution in [0.25, 0.3) is 10.8 Å². The highest BCUT2D eigenvalue weighted by Crippen LogP contribution is 2.39. The molecule has 2 aromatic carbocycles. The number of esters is 1. The maximum atomic E-state index is 11.8. The lowest BCUT2D eigenvalue weighted by molar-refractivity contribution is -0.152. The first kappa shape index (κ1) is 15.8. The molecule has 3 rings (SSSR count). The van der Waals surface area contributed by atoms with Crippen LogP contribution in [0.5, 0.6) is 5.75 Å². The summed E-state index contributed by atoms with van der Waals surface area (Å²) in [6.45, 7) is 0. The molecule has 1 aliphatic rings. The standard InChI is InChI=1S/C18H20O5/c1-20-14-7-6-11-8-13(5-4-12(11)9-14)17-15(10-16(19)23-17)18(21-2)22-3/h4-9,15,17-18H,10H2,1-3H3/t15-,17-/m0/s1. The number of rotatable bonds is 5. The highest BCUT2D eigenvalue weighted by Gasteiger charge is 2.41. The second-order valence-electron chi connectivity index (χ2n) is 5.59. The van der Waals surface area contributed by atoms with Gasteiger partial charge in [0, 0.05) is 14.2 Å². The molecule has 0 aromatic heterocycles. The Hall–Kier alpha value is -2.11. The van der Waals surface area contributed by atoms with Crippen LogP contribution in [-0.2, 0) is 19.0 Å². The van der Waals surface area contributed by atoms with Crippen molar-refractivity contribution in [3.8, 4) is 5.75 Å². The maximum Gasteiger partial charge on any atom is 0.307 e. The first-order chi connectivity index (χ1) is 11.2. The summed E-state index contributed by atoms with van der Waals surface area (Å²) in [5.74, 6) is 0.427. The number of fused-ring (bicyclic) bond motifs is 1. The highest BCUT2D eigenvalue weighted by molar-refractivity contribution is 5.85. The van der Waals surface area contributed by atoms with Gasteiger partial charge in [-0.05, 0) is 34.5 Å². The van der Waals surface area contributed by atoms with Gasteiger partial charge in [-0.25, -0.2) is 0 Å². The fourth-order valence-corrected chi connectivity index (χ4v) is 3.12. The minimum absolute atomic E-state index is 0.159. The lowest BCUT2D eigenvalue weighted by atomic mass is 9.93.